The van der Waals surface area contributed by atoms with Gasteiger partial charge in [0, 0.05) is 6.42 Å². The van der Waals surface area contributed by atoms with Crippen LogP contribution in [0.5, 0.6) is 0 Å². The first-order chi connectivity index (χ1) is 6.17. The molecule has 14 heavy (non-hydrogen) atoms. The van der Waals surface area contributed by atoms with Gasteiger partial charge < -0.3 is 5.73 Å². The molecule has 0 aromatic rings. The van der Waals surface area contributed by atoms with Crippen LogP contribution in [-0.2, 0) is 0 Å². The Labute approximate surface area is 77.3 Å². The highest BCUT2D eigenvalue weighted by atomic mass is 19.4. The highest BCUT2D eigenvalue weighted by Gasteiger charge is 2.41. The summed E-state index contributed by atoms with van der Waals surface area (Å²) in [6, 6.07) is 0. The summed E-state index contributed by atoms with van der Waals surface area (Å²) in [6.45, 7) is -0.262. The fraction of sp³-hybridized carbons (Fsp3) is 1.00. The lowest BCUT2D eigenvalue weighted by Gasteiger charge is -2.19. The third-order valence-corrected chi connectivity index (χ3v) is 1.75. The van der Waals surface area contributed by atoms with Gasteiger partial charge in [0.15, 0.2) is 0 Å². The molecule has 0 aliphatic rings. The second-order valence-corrected chi connectivity index (χ2v) is 2.97. The zero-order valence-corrected chi connectivity index (χ0v) is 7.25. The molecule has 0 spiro atoms. The molecule has 0 unspecified atom stereocenters. The van der Waals surface area contributed by atoms with Crippen molar-refractivity contribution in [2.75, 3.05) is 6.54 Å². The van der Waals surface area contributed by atoms with Crippen LogP contribution in [0.1, 0.15) is 19.3 Å². The fourth-order valence-electron chi connectivity index (χ4n) is 1.01. The lowest BCUT2D eigenvalue weighted by atomic mass is 9.99. The Bertz CT molecular complexity index is 161. The van der Waals surface area contributed by atoms with Gasteiger partial charge in [0.2, 0.25) is 0 Å². The molecule has 0 aromatic carbocycles. The largest absolute Gasteiger partial charge is 0.391 e. The van der Waals surface area contributed by atoms with E-state index in [1.54, 1.807) is 0 Å². The Morgan fingerprint density at radius 2 is 1.43 bits per heavy atom. The minimum Gasteiger partial charge on any atom is -0.330 e. The van der Waals surface area contributed by atoms with Crippen molar-refractivity contribution in [3.05, 3.63) is 0 Å². The molecule has 0 fully saturated rings. The van der Waals surface area contributed by atoms with Crippen LogP contribution >= 0.6 is 0 Å². The van der Waals surface area contributed by atoms with Crippen LogP contribution < -0.4 is 5.73 Å². The van der Waals surface area contributed by atoms with Crippen molar-refractivity contribution in [1.82, 2.24) is 0 Å². The maximum atomic E-state index is 12.1. The zero-order chi connectivity index (χ0) is 11.4. The highest BCUT2D eigenvalue weighted by Crippen LogP contribution is 2.35. The van der Waals surface area contributed by atoms with Crippen LogP contribution in [0, 0.1) is 5.92 Å². The van der Waals surface area contributed by atoms with E-state index in [-0.39, 0.29) is 6.54 Å². The second kappa shape index (κ2) is 4.86. The van der Waals surface area contributed by atoms with Gasteiger partial charge in [-0.25, -0.2) is 0 Å². The molecule has 0 saturated carbocycles. The lowest BCUT2D eigenvalue weighted by molar-refractivity contribution is -0.190. The van der Waals surface area contributed by atoms with Crippen molar-refractivity contribution < 1.29 is 26.3 Å². The van der Waals surface area contributed by atoms with Crippen LogP contribution in [0.3, 0.4) is 0 Å². The highest BCUT2D eigenvalue weighted by molar-refractivity contribution is 4.70. The van der Waals surface area contributed by atoms with E-state index in [1.165, 1.54) is 0 Å². The predicted molar refractivity (Wildman–Crippen MR) is 38.5 cm³/mol. The van der Waals surface area contributed by atoms with Crippen molar-refractivity contribution in [2.24, 2.45) is 11.7 Å². The molecule has 0 aromatic heterocycles. The Balaban J connectivity index is 4.12. The quantitative estimate of drug-likeness (QED) is 0.728. The fourth-order valence-corrected chi connectivity index (χ4v) is 1.01. The van der Waals surface area contributed by atoms with Crippen LogP contribution in [0.25, 0.3) is 0 Å². The minimum atomic E-state index is -4.59. The zero-order valence-electron chi connectivity index (χ0n) is 7.25. The van der Waals surface area contributed by atoms with Crippen molar-refractivity contribution in [2.45, 2.75) is 31.6 Å². The van der Waals surface area contributed by atoms with Gasteiger partial charge in [-0.3, -0.25) is 0 Å². The predicted octanol–water partition coefficient (Wildman–Crippen LogP) is 2.86. The summed E-state index contributed by atoms with van der Waals surface area (Å²) in [5.41, 5.74) is 4.88. The van der Waals surface area contributed by atoms with Crippen molar-refractivity contribution in [3.63, 3.8) is 0 Å². The van der Waals surface area contributed by atoms with E-state index in [2.05, 4.69) is 0 Å². The lowest BCUT2D eigenvalue weighted by Crippen LogP contribution is -2.27. The van der Waals surface area contributed by atoms with Crippen LogP contribution in [-0.4, -0.2) is 18.9 Å². The molecule has 0 saturated heterocycles. The summed E-state index contributed by atoms with van der Waals surface area (Å²) in [6.07, 6.45) is -12.0. The van der Waals surface area contributed by atoms with E-state index in [1.807, 2.05) is 0 Å². The molecule has 1 nitrogen and oxygen atoms in total. The van der Waals surface area contributed by atoms with E-state index in [4.69, 9.17) is 5.73 Å². The first-order valence-electron chi connectivity index (χ1n) is 4.00. The van der Waals surface area contributed by atoms with Gasteiger partial charge in [0.1, 0.15) is 0 Å². The van der Waals surface area contributed by atoms with Gasteiger partial charge in [0.05, 0.1) is 5.92 Å². The minimum absolute atomic E-state index is 0.262. The molecule has 0 bridgehead atoms. The summed E-state index contributed by atoms with van der Waals surface area (Å²) >= 11 is 0. The van der Waals surface area contributed by atoms with E-state index in [9.17, 15) is 26.3 Å². The summed E-state index contributed by atoms with van der Waals surface area (Å²) < 4.78 is 71.1. The van der Waals surface area contributed by atoms with Crippen molar-refractivity contribution in [3.8, 4) is 0 Å². The average Bonchev–Trinajstić information content (AvgIpc) is 1.93. The second-order valence-electron chi connectivity index (χ2n) is 2.97. The standard InChI is InChI=1S/C7H11F6N/c8-6(9,10)3-1-5(2-4-14)7(11,12)13/h5H,1-4,14H2/t5-/m1/s1. The normalized spacial score (nSPS) is 15.6. The number of alkyl halides is 6. The Hall–Kier alpha value is -0.460. The molecule has 0 heterocycles. The average molecular weight is 223 g/mol. The third-order valence-electron chi connectivity index (χ3n) is 1.75. The summed E-state index contributed by atoms with van der Waals surface area (Å²) in [5.74, 6) is -1.95. The Morgan fingerprint density at radius 3 is 1.71 bits per heavy atom. The Morgan fingerprint density at radius 1 is 0.929 bits per heavy atom. The number of nitrogens with two attached hydrogens (primary N) is 1. The molecule has 7 heteroatoms. The summed E-state index contributed by atoms with van der Waals surface area (Å²) in [7, 11) is 0. The van der Waals surface area contributed by atoms with E-state index >= 15 is 0 Å². The number of halogens is 6. The Kier molecular flexibility index (Phi) is 4.70. The molecule has 0 aliphatic carbocycles. The number of hydrogen-bond acceptors (Lipinski definition) is 1. The molecule has 0 amide bonds. The third kappa shape index (κ3) is 6.06. The molecule has 0 rings (SSSR count). The van der Waals surface area contributed by atoms with Crippen LogP contribution in [0.2, 0.25) is 0 Å². The first-order valence-corrected chi connectivity index (χ1v) is 4.00. The number of rotatable bonds is 4. The van der Waals surface area contributed by atoms with Crippen molar-refractivity contribution in [1.29, 1.82) is 0 Å². The van der Waals surface area contributed by atoms with E-state index < -0.39 is 37.5 Å². The van der Waals surface area contributed by atoms with E-state index in [0.717, 1.165) is 0 Å². The maximum absolute atomic E-state index is 12.1. The maximum Gasteiger partial charge on any atom is 0.391 e. The SMILES string of the molecule is NCC[C@@H](CCC(F)(F)F)C(F)(F)F. The van der Waals surface area contributed by atoms with Crippen LogP contribution in [0.15, 0.2) is 0 Å². The van der Waals surface area contributed by atoms with Crippen molar-refractivity contribution >= 4 is 0 Å². The molecular formula is C7H11F6N. The van der Waals surface area contributed by atoms with Gasteiger partial charge in [-0.2, -0.15) is 26.3 Å². The van der Waals surface area contributed by atoms with E-state index in [0.29, 0.717) is 0 Å². The number of hydrogen-bond donors (Lipinski definition) is 1. The van der Waals surface area contributed by atoms with Gasteiger partial charge in [-0.15, -0.1) is 0 Å². The molecule has 86 valence electrons. The van der Waals surface area contributed by atoms with Gasteiger partial charge in [-0.1, -0.05) is 0 Å². The van der Waals surface area contributed by atoms with Gasteiger partial charge in [-0.05, 0) is 19.4 Å². The molecule has 0 aliphatic heterocycles. The van der Waals surface area contributed by atoms with Gasteiger partial charge in [0.25, 0.3) is 0 Å². The molecular weight excluding hydrogens is 212 g/mol. The summed E-state index contributed by atoms with van der Waals surface area (Å²) in [5, 5.41) is 0. The smallest absolute Gasteiger partial charge is 0.330 e. The summed E-state index contributed by atoms with van der Waals surface area (Å²) in [4.78, 5) is 0. The molecule has 2 N–H and O–H groups in total. The molecule has 1 atom stereocenters. The first kappa shape index (κ1) is 13.5. The monoisotopic (exact) mass is 223 g/mol. The molecule has 0 radical (unpaired) electrons. The topological polar surface area (TPSA) is 26.0 Å². The van der Waals surface area contributed by atoms with Crippen LogP contribution in [0.4, 0.5) is 26.3 Å². The van der Waals surface area contributed by atoms with Gasteiger partial charge >= 0.3 is 12.4 Å².